The minimum Gasteiger partial charge on any atom is -0.394 e. The van der Waals surface area contributed by atoms with E-state index in [1.165, 1.54) is 0 Å². The molecule has 15 N–H and O–H groups in total. The highest BCUT2D eigenvalue weighted by atomic mass is 16.8. The summed E-state index contributed by atoms with van der Waals surface area (Å²) in [7, 11) is 0. The molecule has 0 amide bonds. The molecule has 0 saturated carbocycles. The second-order valence-corrected chi connectivity index (χ2v) is 11.3. The lowest BCUT2D eigenvalue weighted by Crippen LogP contribution is -2.67. The molecule has 0 spiro atoms. The number of hydrogen-bond acceptors (Lipinski definition) is 21. The van der Waals surface area contributed by atoms with Gasteiger partial charge in [-0.25, -0.2) is 0 Å². The Morgan fingerprint density at radius 2 is 0.889 bits per heavy atom. The van der Waals surface area contributed by atoms with Crippen LogP contribution in [0.25, 0.3) is 0 Å². The molecule has 0 aliphatic carbocycles. The minimum atomic E-state index is -1.92. The van der Waals surface area contributed by atoms with Crippen molar-refractivity contribution in [2.75, 3.05) is 26.4 Å². The summed E-state index contributed by atoms with van der Waals surface area (Å²) in [5.41, 5.74) is 5.91. The number of rotatable bonds is 10. The molecule has 0 aromatic heterocycles. The van der Waals surface area contributed by atoms with E-state index in [0.717, 1.165) is 0 Å². The smallest absolute Gasteiger partial charge is 0.187 e. The van der Waals surface area contributed by atoms with Gasteiger partial charge in [-0.05, 0) is 0 Å². The first-order valence-corrected chi connectivity index (χ1v) is 14.2. The maximum absolute atomic E-state index is 10.8. The van der Waals surface area contributed by atoms with Gasteiger partial charge in [0.1, 0.15) is 91.6 Å². The molecule has 4 aliphatic rings. The Hall–Kier alpha value is -0.840. The SMILES string of the molecule is N[C@@H]1[C@@H](O)[C@@H](O)O[C@H](CO)[C@H]1O[C@H]1O[C@H](CO[C@H]2O[C@H](CO)[C@@H](O)[C@H](O)[C@@H]2O[C@H]2O[C@H](CO)[C@@H](O)[C@H](O)[C@@H]2O)[C@@H](O)[C@H](O)[C@@H]1O. The summed E-state index contributed by atoms with van der Waals surface area (Å²) in [5.74, 6) is 0. The van der Waals surface area contributed by atoms with Crippen molar-refractivity contribution in [1.82, 2.24) is 0 Å². The Morgan fingerprint density at radius 1 is 0.444 bits per heavy atom. The Balaban J connectivity index is 1.48. The molecule has 21 nitrogen and oxygen atoms in total. The van der Waals surface area contributed by atoms with Crippen LogP contribution in [0, 0.1) is 0 Å². The fraction of sp³-hybridized carbons (Fsp3) is 1.00. The average molecular weight is 666 g/mol. The number of aliphatic hydroxyl groups is 13. The maximum Gasteiger partial charge on any atom is 0.187 e. The molecule has 21 heteroatoms. The molecule has 0 unspecified atom stereocenters. The van der Waals surface area contributed by atoms with Crippen LogP contribution in [-0.4, -0.2) is 216 Å². The van der Waals surface area contributed by atoms with E-state index in [2.05, 4.69) is 0 Å². The van der Waals surface area contributed by atoms with Gasteiger partial charge in [-0.15, -0.1) is 0 Å². The summed E-state index contributed by atoms with van der Waals surface area (Å²) in [5, 5.41) is 132. The first kappa shape index (κ1) is 37.0. The van der Waals surface area contributed by atoms with Crippen LogP contribution in [0.15, 0.2) is 0 Å². The summed E-state index contributed by atoms with van der Waals surface area (Å²) in [6.07, 6.45) is -32.4. The molecule has 0 radical (unpaired) electrons. The monoisotopic (exact) mass is 665 g/mol. The van der Waals surface area contributed by atoms with E-state index in [4.69, 9.17) is 38.9 Å². The van der Waals surface area contributed by atoms with Gasteiger partial charge in [0.2, 0.25) is 0 Å². The van der Waals surface area contributed by atoms with Crippen molar-refractivity contribution in [3.8, 4) is 0 Å². The van der Waals surface area contributed by atoms with Gasteiger partial charge in [-0.1, -0.05) is 0 Å². The molecule has 4 heterocycles. The molecule has 0 aromatic rings. The highest BCUT2D eigenvalue weighted by Gasteiger charge is 2.53. The van der Waals surface area contributed by atoms with Crippen molar-refractivity contribution in [3.63, 3.8) is 0 Å². The Labute approximate surface area is 255 Å². The van der Waals surface area contributed by atoms with Gasteiger partial charge >= 0.3 is 0 Å². The lowest BCUT2D eigenvalue weighted by molar-refractivity contribution is -0.375. The van der Waals surface area contributed by atoms with Gasteiger partial charge in [0, 0.05) is 0 Å². The van der Waals surface area contributed by atoms with Crippen LogP contribution in [0.1, 0.15) is 0 Å². The molecule has 20 atom stereocenters. The summed E-state index contributed by atoms with van der Waals surface area (Å²) in [4.78, 5) is 0. The fourth-order valence-corrected chi connectivity index (χ4v) is 5.48. The van der Waals surface area contributed by atoms with Crippen LogP contribution in [0.5, 0.6) is 0 Å². The number of ether oxygens (including phenoxy) is 7. The second-order valence-electron chi connectivity index (χ2n) is 11.3. The van der Waals surface area contributed by atoms with E-state index in [-0.39, 0.29) is 0 Å². The molecule has 4 rings (SSSR count). The fourth-order valence-electron chi connectivity index (χ4n) is 5.48. The summed E-state index contributed by atoms with van der Waals surface area (Å²) < 4.78 is 38.2. The zero-order valence-corrected chi connectivity index (χ0v) is 23.6. The largest absolute Gasteiger partial charge is 0.394 e. The van der Waals surface area contributed by atoms with Crippen molar-refractivity contribution in [1.29, 1.82) is 0 Å². The third-order valence-corrected chi connectivity index (χ3v) is 8.28. The van der Waals surface area contributed by atoms with Crippen molar-refractivity contribution >= 4 is 0 Å². The average Bonchev–Trinajstić information content (AvgIpc) is 3.03. The summed E-state index contributed by atoms with van der Waals surface area (Å²) >= 11 is 0. The van der Waals surface area contributed by atoms with Crippen LogP contribution >= 0.6 is 0 Å². The van der Waals surface area contributed by atoms with Gasteiger partial charge in [0.05, 0.1) is 32.5 Å². The van der Waals surface area contributed by atoms with Crippen LogP contribution < -0.4 is 5.73 Å². The predicted molar refractivity (Wildman–Crippen MR) is 136 cm³/mol. The van der Waals surface area contributed by atoms with E-state index in [0.29, 0.717) is 0 Å². The molecule has 264 valence electrons. The summed E-state index contributed by atoms with van der Waals surface area (Å²) in [6, 6.07) is -1.36. The zero-order valence-electron chi connectivity index (χ0n) is 23.6. The van der Waals surface area contributed by atoms with Crippen LogP contribution in [0.2, 0.25) is 0 Å². The number of nitrogens with two attached hydrogens (primary N) is 1. The van der Waals surface area contributed by atoms with Gasteiger partial charge in [0.25, 0.3) is 0 Å². The number of hydrogen-bond donors (Lipinski definition) is 14. The lowest BCUT2D eigenvalue weighted by Gasteiger charge is -2.47. The van der Waals surface area contributed by atoms with E-state index < -0.39 is 149 Å². The highest BCUT2D eigenvalue weighted by Crippen LogP contribution is 2.32. The van der Waals surface area contributed by atoms with E-state index >= 15 is 0 Å². The van der Waals surface area contributed by atoms with Crippen LogP contribution in [0.4, 0.5) is 0 Å². The van der Waals surface area contributed by atoms with Crippen LogP contribution in [0.3, 0.4) is 0 Å². The van der Waals surface area contributed by atoms with Gasteiger partial charge in [-0.2, -0.15) is 0 Å². The van der Waals surface area contributed by atoms with Crippen molar-refractivity contribution in [2.45, 2.75) is 123 Å². The van der Waals surface area contributed by atoms with E-state index in [1.807, 2.05) is 0 Å². The zero-order chi connectivity index (χ0) is 33.3. The summed E-state index contributed by atoms with van der Waals surface area (Å²) in [6.45, 7) is -3.07. The molecule has 4 fully saturated rings. The third kappa shape index (κ3) is 7.59. The molecule has 0 aromatic carbocycles. The molecular weight excluding hydrogens is 622 g/mol. The van der Waals surface area contributed by atoms with Crippen molar-refractivity contribution in [2.24, 2.45) is 5.73 Å². The molecular formula is C24H43NO20. The number of aliphatic hydroxyl groups excluding tert-OH is 13. The maximum atomic E-state index is 10.8. The molecule has 4 saturated heterocycles. The Kier molecular flexibility index (Phi) is 12.8. The van der Waals surface area contributed by atoms with Gasteiger partial charge < -0.3 is 105 Å². The highest BCUT2D eigenvalue weighted by molar-refractivity contribution is 4.97. The Morgan fingerprint density at radius 3 is 1.42 bits per heavy atom. The second kappa shape index (κ2) is 15.6. The van der Waals surface area contributed by atoms with E-state index in [1.54, 1.807) is 0 Å². The topological polar surface area (TPSA) is 354 Å². The molecule has 45 heavy (non-hydrogen) atoms. The van der Waals surface area contributed by atoms with Crippen molar-refractivity contribution in [3.05, 3.63) is 0 Å². The normalized spacial score (nSPS) is 52.9. The third-order valence-electron chi connectivity index (χ3n) is 8.28. The van der Waals surface area contributed by atoms with Gasteiger partial charge in [0.15, 0.2) is 25.2 Å². The molecule has 0 bridgehead atoms. The van der Waals surface area contributed by atoms with Gasteiger partial charge in [-0.3, -0.25) is 0 Å². The predicted octanol–water partition coefficient (Wildman–Crippen LogP) is -9.78. The van der Waals surface area contributed by atoms with Crippen molar-refractivity contribution < 1.29 is 99.5 Å². The molecule has 4 aliphatic heterocycles. The lowest BCUT2D eigenvalue weighted by atomic mass is 9.95. The first-order valence-electron chi connectivity index (χ1n) is 14.2. The quantitative estimate of drug-likeness (QED) is 0.103. The van der Waals surface area contributed by atoms with Crippen LogP contribution in [-0.2, 0) is 33.2 Å². The standard InChI is InChI=1S/C24H43NO20/c25-9-13(32)21(38)40-7(3-28)19(9)44-23-18(37)15(34)12(31)8(43-23)4-39-24-20(16(35)11(30)6(2-27)42-24)45-22-17(36)14(33)10(29)5(1-26)41-22/h5-24,26-38H,1-4,25H2/t5-,6-,7-,8-,9-,10-,11-,12-,13-,14+,15+,16+,17+,18+,19-,20+,21+,22-,23-,24+/m1/s1. The van der Waals surface area contributed by atoms with E-state index in [9.17, 15) is 66.4 Å². The Bertz CT molecular complexity index is 920. The first-order chi connectivity index (χ1) is 21.2. The minimum absolute atomic E-state index is 0.719.